The van der Waals surface area contributed by atoms with E-state index in [0.717, 1.165) is 18.5 Å². The van der Waals surface area contributed by atoms with E-state index in [9.17, 15) is 4.79 Å². The Kier molecular flexibility index (Phi) is 3.05. The number of nitrogens with zero attached hydrogens (tertiary/aromatic N) is 3. The van der Waals surface area contributed by atoms with E-state index in [1.165, 1.54) is 4.68 Å². The molecule has 0 aliphatic heterocycles. The number of nitrogens with one attached hydrogen (secondary N) is 1. The smallest absolute Gasteiger partial charge is 0.272 e. The Bertz CT molecular complexity index is 528. The van der Waals surface area contributed by atoms with Crippen LogP contribution in [0.15, 0.2) is 23.0 Å². The van der Waals surface area contributed by atoms with Crippen molar-refractivity contribution in [2.75, 3.05) is 0 Å². The van der Waals surface area contributed by atoms with Gasteiger partial charge in [-0.2, -0.15) is 4.68 Å². The first kappa shape index (κ1) is 10.9. The summed E-state index contributed by atoms with van der Waals surface area (Å²) in [6.07, 6.45) is 1.81. The molecule has 2 aromatic rings. The molecule has 1 N–H and O–H groups in total. The Morgan fingerprint density at radius 2 is 2.25 bits per heavy atom. The minimum atomic E-state index is -0.139. The van der Waals surface area contributed by atoms with Gasteiger partial charge < -0.3 is 0 Å². The van der Waals surface area contributed by atoms with Crippen molar-refractivity contribution >= 4 is 11.6 Å². The summed E-state index contributed by atoms with van der Waals surface area (Å²) in [4.78, 5) is 11.6. The molecule has 0 bridgehead atoms. The predicted molar refractivity (Wildman–Crippen MR) is 61.0 cm³/mol. The van der Waals surface area contributed by atoms with Gasteiger partial charge in [-0.05, 0) is 18.6 Å². The van der Waals surface area contributed by atoms with Crippen LogP contribution in [0.3, 0.4) is 0 Å². The van der Waals surface area contributed by atoms with Gasteiger partial charge in [0.25, 0.3) is 5.56 Å². The second kappa shape index (κ2) is 4.49. The lowest BCUT2D eigenvalue weighted by Gasteiger charge is -1.99. The molecule has 84 valence electrons. The van der Waals surface area contributed by atoms with Crippen molar-refractivity contribution in [1.29, 1.82) is 0 Å². The molecule has 0 aliphatic rings. The normalized spacial score (nSPS) is 10.6. The minimum absolute atomic E-state index is 0.139. The molecule has 0 unspecified atom stereocenters. The Labute approximate surface area is 97.1 Å². The summed E-state index contributed by atoms with van der Waals surface area (Å²) in [7, 11) is 0. The lowest BCUT2D eigenvalue weighted by atomic mass is 10.3. The molecule has 2 aromatic heterocycles. The van der Waals surface area contributed by atoms with Crippen molar-refractivity contribution < 1.29 is 0 Å². The van der Waals surface area contributed by atoms with Crippen molar-refractivity contribution in [3.8, 4) is 5.82 Å². The fourth-order valence-corrected chi connectivity index (χ4v) is 1.54. The predicted octanol–water partition coefficient (Wildman–Crippen LogP) is 1.56. The van der Waals surface area contributed by atoms with Crippen molar-refractivity contribution in [3.63, 3.8) is 0 Å². The summed E-state index contributed by atoms with van der Waals surface area (Å²) in [5, 5.41) is 10.8. The molecular weight excluding hydrogens is 228 g/mol. The minimum Gasteiger partial charge on any atom is -0.294 e. The number of aromatic amines is 1. The average Bonchev–Trinajstić information content (AvgIpc) is 2.61. The zero-order chi connectivity index (χ0) is 11.5. The first-order valence-electron chi connectivity index (χ1n) is 5.01. The third kappa shape index (κ3) is 2.14. The van der Waals surface area contributed by atoms with Crippen molar-refractivity contribution in [3.05, 3.63) is 39.4 Å². The molecule has 6 heteroatoms. The lowest BCUT2D eigenvalue weighted by Crippen LogP contribution is -2.15. The maximum atomic E-state index is 11.6. The van der Waals surface area contributed by atoms with Crippen LogP contribution in [0.5, 0.6) is 0 Å². The highest BCUT2D eigenvalue weighted by atomic mass is 35.5. The molecule has 0 spiro atoms. The van der Waals surface area contributed by atoms with Crippen LogP contribution in [-0.2, 0) is 6.42 Å². The summed E-state index contributed by atoms with van der Waals surface area (Å²) in [6, 6.07) is 4.80. The van der Waals surface area contributed by atoms with Gasteiger partial charge in [-0.25, -0.2) is 0 Å². The quantitative estimate of drug-likeness (QED) is 0.883. The Morgan fingerprint density at radius 1 is 1.44 bits per heavy atom. The molecule has 5 nitrogen and oxygen atoms in total. The zero-order valence-electron chi connectivity index (χ0n) is 8.77. The van der Waals surface area contributed by atoms with Crippen molar-refractivity contribution in [2.45, 2.75) is 19.8 Å². The average molecular weight is 239 g/mol. The second-order valence-electron chi connectivity index (χ2n) is 3.42. The number of H-pyrrole nitrogens is 1. The first-order valence-corrected chi connectivity index (χ1v) is 5.39. The maximum absolute atomic E-state index is 11.6. The maximum Gasteiger partial charge on any atom is 0.272 e. The van der Waals surface area contributed by atoms with Gasteiger partial charge in [0.2, 0.25) is 0 Å². The molecule has 0 aromatic carbocycles. The van der Waals surface area contributed by atoms with Crippen molar-refractivity contribution in [1.82, 2.24) is 20.0 Å². The van der Waals surface area contributed by atoms with Crippen LogP contribution in [0.25, 0.3) is 5.82 Å². The molecule has 0 saturated heterocycles. The Morgan fingerprint density at radius 3 is 2.88 bits per heavy atom. The molecule has 0 radical (unpaired) electrons. The van der Waals surface area contributed by atoms with Crippen LogP contribution in [-0.4, -0.2) is 20.0 Å². The van der Waals surface area contributed by atoms with Gasteiger partial charge in [0.1, 0.15) is 0 Å². The lowest BCUT2D eigenvalue weighted by molar-refractivity contribution is 0.759. The van der Waals surface area contributed by atoms with Gasteiger partial charge in [0, 0.05) is 11.8 Å². The second-order valence-corrected chi connectivity index (χ2v) is 3.81. The molecule has 0 amide bonds. The SMILES string of the molecule is CCCc1cc(=O)n(-c2ccc(Cl)nn2)[nH]1. The van der Waals surface area contributed by atoms with Crippen molar-refractivity contribution in [2.24, 2.45) is 0 Å². The van der Waals surface area contributed by atoms with E-state index in [2.05, 4.69) is 22.2 Å². The highest BCUT2D eigenvalue weighted by molar-refractivity contribution is 6.29. The third-order valence-electron chi connectivity index (χ3n) is 2.14. The number of aryl methyl sites for hydroxylation is 1. The highest BCUT2D eigenvalue weighted by Crippen LogP contribution is 2.05. The van der Waals surface area contributed by atoms with E-state index in [1.807, 2.05) is 0 Å². The topological polar surface area (TPSA) is 63.6 Å². The van der Waals surface area contributed by atoms with Gasteiger partial charge in [-0.15, -0.1) is 10.2 Å². The van der Waals surface area contributed by atoms with Crippen LogP contribution in [0, 0.1) is 0 Å². The summed E-state index contributed by atoms with van der Waals surface area (Å²) >= 11 is 5.62. The molecule has 2 rings (SSSR count). The summed E-state index contributed by atoms with van der Waals surface area (Å²) < 4.78 is 1.36. The molecule has 0 aliphatic carbocycles. The van der Waals surface area contributed by atoms with Crippen LogP contribution in [0.2, 0.25) is 5.15 Å². The summed E-state index contributed by atoms with van der Waals surface area (Å²) in [6.45, 7) is 2.05. The number of aromatic nitrogens is 4. The van der Waals surface area contributed by atoms with Crippen LogP contribution >= 0.6 is 11.6 Å². The summed E-state index contributed by atoms with van der Waals surface area (Å²) in [5.74, 6) is 0.441. The molecular formula is C10H11ClN4O. The molecule has 2 heterocycles. The van der Waals surface area contributed by atoms with Gasteiger partial charge in [0.15, 0.2) is 11.0 Å². The zero-order valence-corrected chi connectivity index (χ0v) is 9.53. The van der Waals surface area contributed by atoms with Crippen LogP contribution < -0.4 is 5.56 Å². The van der Waals surface area contributed by atoms with Crippen LogP contribution in [0.4, 0.5) is 0 Å². The molecule has 0 atom stereocenters. The third-order valence-corrected chi connectivity index (χ3v) is 2.34. The summed E-state index contributed by atoms with van der Waals surface area (Å²) in [5.41, 5.74) is 0.754. The van der Waals surface area contributed by atoms with Gasteiger partial charge in [-0.3, -0.25) is 9.89 Å². The Hall–Kier alpha value is -1.62. The Balaban J connectivity index is 2.40. The van der Waals surface area contributed by atoms with Gasteiger partial charge in [0.05, 0.1) is 0 Å². The number of hydrogen-bond donors (Lipinski definition) is 1. The first-order chi connectivity index (χ1) is 7.70. The fraction of sp³-hybridized carbons (Fsp3) is 0.300. The molecule has 0 saturated carbocycles. The van der Waals surface area contributed by atoms with Crippen LogP contribution in [0.1, 0.15) is 19.0 Å². The number of halogens is 1. The standard InChI is InChI=1S/C10H11ClN4O/c1-2-3-7-6-10(16)15(14-7)9-5-4-8(11)12-13-9/h4-6,14H,2-3H2,1H3. The monoisotopic (exact) mass is 238 g/mol. The molecule has 0 fully saturated rings. The fourth-order valence-electron chi connectivity index (χ4n) is 1.44. The highest BCUT2D eigenvalue weighted by Gasteiger charge is 2.05. The number of rotatable bonds is 3. The van der Waals surface area contributed by atoms with Gasteiger partial charge in [-0.1, -0.05) is 24.9 Å². The van der Waals surface area contributed by atoms with E-state index in [0.29, 0.717) is 11.0 Å². The van der Waals surface area contributed by atoms with Gasteiger partial charge >= 0.3 is 0 Å². The van der Waals surface area contributed by atoms with E-state index in [-0.39, 0.29) is 5.56 Å². The van der Waals surface area contributed by atoms with E-state index in [4.69, 9.17) is 11.6 Å². The van der Waals surface area contributed by atoms with E-state index >= 15 is 0 Å². The largest absolute Gasteiger partial charge is 0.294 e. The number of hydrogen-bond acceptors (Lipinski definition) is 3. The van der Waals surface area contributed by atoms with E-state index in [1.54, 1.807) is 18.2 Å². The van der Waals surface area contributed by atoms with E-state index < -0.39 is 0 Å². The molecule has 16 heavy (non-hydrogen) atoms.